The number of ether oxygens (including phenoxy) is 2. The van der Waals surface area contributed by atoms with E-state index < -0.39 is 22.2 Å². The van der Waals surface area contributed by atoms with Crippen molar-refractivity contribution in [1.82, 2.24) is 9.97 Å². The third-order valence-electron chi connectivity index (χ3n) is 5.70. The van der Waals surface area contributed by atoms with Crippen molar-refractivity contribution in [3.8, 4) is 5.75 Å². The number of carbonyl (C=O) groups is 1. The lowest BCUT2D eigenvalue weighted by atomic mass is 10.1. The maximum atomic E-state index is 14.3. The quantitative estimate of drug-likeness (QED) is 0.412. The first kappa shape index (κ1) is 24.6. The number of esters is 1. The predicted molar refractivity (Wildman–Crippen MR) is 128 cm³/mol. The van der Waals surface area contributed by atoms with E-state index in [0.717, 1.165) is 34.7 Å². The molecule has 0 fully saturated rings. The van der Waals surface area contributed by atoms with Crippen molar-refractivity contribution >= 4 is 21.7 Å². The molecular formula is C25H26FN3O5S. The molecule has 1 atom stereocenters. The van der Waals surface area contributed by atoms with Crippen LogP contribution in [0.25, 0.3) is 0 Å². The van der Waals surface area contributed by atoms with E-state index in [9.17, 15) is 17.6 Å². The van der Waals surface area contributed by atoms with E-state index in [2.05, 4.69) is 14.7 Å². The van der Waals surface area contributed by atoms with E-state index in [1.165, 1.54) is 44.8 Å². The van der Waals surface area contributed by atoms with Crippen molar-refractivity contribution < 1.29 is 27.1 Å². The van der Waals surface area contributed by atoms with E-state index in [-0.39, 0.29) is 23.7 Å². The maximum Gasteiger partial charge on any atom is 0.339 e. The second-order valence-corrected chi connectivity index (χ2v) is 10.1. The maximum absolute atomic E-state index is 14.3. The number of sulfonamides is 1. The van der Waals surface area contributed by atoms with Gasteiger partial charge in [0, 0.05) is 18.6 Å². The highest BCUT2D eigenvalue weighted by Gasteiger charge is 2.31. The largest absolute Gasteiger partial charge is 0.485 e. The summed E-state index contributed by atoms with van der Waals surface area (Å²) in [6, 6.07) is 9.77. The monoisotopic (exact) mass is 499 g/mol. The number of benzene rings is 1. The molecule has 0 saturated carbocycles. The smallest absolute Gasteiger partial charge is 0.339 e. The lowest BCUT2D eigenvalue weighted by Gasteiger charge is -2.27. The van der Waals surface area contributed by atoms with Gasteiger partial charge in [0.2, 0.25) is 0 Å². The Balaban J connectivity index is 1.71. The molecule has 0 aliphatic heterocycles. The molecule has 2 aromatic heterocycles. The number of hydrogen-bond acceptors (Lipinski definition) is 7. The predicted octanol–water partition coefficient (Wildman–Crippen LogP) is 3.88. The Morgan fingerprint density at radius 2 is 1.94 bits per heavy atom. The number of hydrogen-bond donors (Lipinski definition) is 0. The van der Waals surface area contributed by atoms with Gasteiger partial charge in [0.15, 0.2) is 0 Å². The summed E-state index contributed by atoms with van der Waals surface area (Å²) in [5.74, 6) is -0.180. The highest BCUT2D eigenvalue weighted by molar-refractivity contribution is 7.92. The van der Waals surface area contributed by atoms with Gasteiger partial charge < -0.3 is 9.47 Å². The van der Waals surface area contributed by atoms with Gasteiger partial charge in [-0.25, -0.2) is 17.6 Å². The molecule has 0 spiro atoms. The highest BCUT2D eigenvalue weighted by Crippen LogP contribution is 2.38. The second-order valence-electron chi connectivity index (χ2n) is 8.27. The molecule has 0 N–H and O–H groups in total. The minimum Gasteiger partial charge on any atom is -0.485 e. The first-order chi connectivity index (χ1) is 16.8. The third-order valence-corrected chi connectivity index (χ3v) is 7.47. The van der Waals surface area contributed by atoms with Crippen LogP contribution >= 0.6 is 0 Å². The molecule has 8 nitrogen and oxygen atoms in total. The lowest BCUT2D eigenvalue weighted by Crippen LogP contribution is -2.36. The Morgan fingerprint density at radius 1 is 1.17 bits per heavy atom. The van der Waals surface area contributed by atoms with Crippen molar-refractivity contribution in [2.45, 2.75) is 43.9 Å². The Kier molecular flexibility index (Phi) is 7.30. The molecule has 35 heavy (non-hydrogen) atoms. The van der Waals surface area contributed by atoms with Crippen LogP contribution in [0.1, 0.15) is 40.5 Å². The molecule has 3 aromatic rings. The van der Waals surface area contributed by atoms with Crippen LogP contribution in [0.15, 0.2) is 59.9 Å². The summed E-state index contributed by atoms with van der Waals surface area (Å²) in [6.45, 7) is 0.962. The molecule has 0 saturated heterocycles. The summed E-state index contributed by atoms with van der Waals surface area (Å²) in [4.78, 5) is 19.7. The van der Waals surface area contributed by atoms with Crippen molar-refractivity contribution in [2.75, 3.05) is 18.0 Å². The Morgan fingerprint density at radius 3 is 2.57 bits per heavy atom. The second kappa shape index (κ2) is 10.4. The number of methoxy groups -OCH3 is 1. The van der Waals surface area contributed by atoms with Crippen LogP contribution in [0.5, 0.6) is 5.75 Å². The first-order valence-corrected chi connectivity index (χ1v) is 12.6. The fourth-order valence-electron chi connectivity index (χ4n) is 3.98. The van der Waals surface area contributed by atoms with Crippen LogP contribution in [0, 0.1) is 0 Å². The molecule has 1 unspecified atom stereocenters. The van der Waals surface area contributed by atoms with Crippen molar-refractivity contribution in [2.24, 2.45) is 0 Å². The van der Waals surface area contributed by atoms with E-state index >= 15 is 0 Å². The molecule has 2 heterocycles. The number of halogens is 1. The number of aromatic nitrogens is 2. The van der Waals surface area contributed by atoms with E-state index in [1.54, 1.807) is 18.2 Å². The van der Waals surface area contributed by atoms with Gasteiger partial charge in [-0.2, -0.15) is 0 Å². The zero-order chi connectivity index (χ0) is 25.0. The summed E-state index contributed by atoms with van der Waals surface area (Å²) in [6.07, 6.45) is 5.30. The van der Waals surface area contributed by atoms with Crippen LogP contribution in [-0.4, -0.2) is 44.2 Å². The number of aryl methyl sites for hydroxylation is 2. The van der Waals surface area contributed by atoms with Gasteiger partial charge in [-0.15, -0.1) is 0 Å². The van der Waals surface area contributed by atoms with E-state index in [1.807, 2.05) is 6.07 Å². The van der Waals surface area contributed by atoms with Gasteiger partial charge in [0.05, 0.1) is 30.6 Å². The highest BCUT2D eigenvalue weighted by atomic mass is 32.2. The summed E-state index contributed by atoms with van der Waals surface area (Å²) in [5, 5.41) is 0. The lowest BCUT2D eigenvalue weighted by molar-refractivity contribution is 0.0600. The van der Waals surface area contributed by atoms with Gasteiger partial charge in [-0.05, 0) is 73.7 Å². The van der Waals surface area contributed by atoms with Gasteiger partial charge in [-0.3, -0.25) is 14.3 Å². The van der Waals surface area contributed by atoms with Crippen LogP contribution in [0.4, 0.5) is 10.1 Å². The zero-order valence-corrected chi connectivity index (χ0v) is 20.3. The van der Waals surface area contributed by atoms with Gasteiger partial charge >= 0.3 is 5.97 Å². The summed E-state index contributed by atoms with van der Waals surface area (Å²) in [5.41, 5.74) is 3.20. The molecule has 184 valence electrons. The molecule has 10 heteroatoms. The molecule has 0 amide bonds. The number of pyridine rings is 2. The van der Waals surface area contributed by atoms with Gasteiger partial charge in [-0.1, -0.05) is 0 Å². The van der Waals surface area contributed by atoms with E-state index in [0.29, 0.717) is 17.0 Å². The van der Waals surface area contributed by atoms with Crippen molar-refractivity contribution in [3.05, 3.63) is 77.4 Å². The number of fused-ring (bicyclic) bond motifs is 1. The zero-order valence-electron chi connectivity index (χ0n) is 19.5. The molecule has 0 radical (unpaired) electrons. The van der Waals surface area contributed by atoms with Gasteiger partial charge in [0.25, 0.3) is 10.0 Å². The fraction of sp³-hybridized carbons (Fsp3) is 0.320. The van der Waals surface area contributed by atoms with E-state index in [4.69, 9.17) is 4.74 Å². The number of carbonyl (C=O) groups excluding carboxylic acids is 1. The number of alkyl halides is 1. The normalized spacial score (nSPS) is 13.7. The minimum atomic E-state index is -4.11. The van der Waals surface area contributed by atoms with Crippen molar-refractivity contribution in [1.29, 1.82) is 0 Å². The van der Waals surface area contributed by atoms with Crippen LogP contribution < -0.4 is 9.04 Å². The third kappa shape index (κ3) is 5.43. The van der Waals surface area contributed by atoms with Crippen molar-refractivity contribution in [3.63, 3.8) is 0 Å². The number of rotatable bonds is 9. The van der Waals surface area contributed by atoms with Crippen LogP contribution in [0.3, 0.4) is 0 Å². The van der Waals surface area contributed by atoms with Crippen LogP contribution in [0.2, 0.25) is 0 Å². The molecular weight excluding hydrogens is 473 g/mol. The Labute approximate surface area is 203 Å². The average Bonchev–Trinajstić information content (AvgIpc) is 3.33. The Hall–Kier alpha value is -3.53. The summed E-state index contributed by atoms with van der Waals surface area (Å²) in [7, 11) is -2.82. The standard InChI is InChI=1S/C25H26FN3O5S/c1-17(26)15-29(35(31,32)22-7-4-10-27-14-22)23-11-18-5-3-6-19(18)12-24(23)34-16-21-9-8-20(13-28-21)25(30)33-2/h4,7-14,17H,3,5-6,15-16H2,1-2H3. The molecule has 4 rings (SSSR count). The summed E-state index contributed by atoms with van der Waals surface area (Å²) >= 11 is 0. The van der Waals surface area contributed by atoms with Gasteiger partial charge in [0.1, 0.15) is 23.4 Å². The Bertz CT molecular complexity index is 1300. The number of anilines is 1. The fourth-order valence-corrected chi connectivity index (χ4v) is 5.48. The number of nitrogens with zero attached hydrogens (tertiary/aromatic N) is 3. The minimum absolute atomic E-state index is 0.0270. The van der Waals surface area contributed by atoms with Crippen LogP contribution in [-0.2, 0) is 34.2 Å². The molecule has 1 aromatic carbocycles. The first-order valence-electron chi connectivity index (χ1n) is 11.2. The molecule has 0 bridgehead atoms. The molecule has 1 aliphatic carbocycles. The topological polar surface area (TPSA) is 98.7 Å². The summed E-state index contributed by atoms with van der Waals surface area (Å²) < 4.78 is 53.1. The molecule has 1 aliphatic rings. The average molecular weight is 500 g/mol. The SMILES string of the molecule is COC(=O)c1ccc(COc2cc3c(cc2N(CC(C)F)S(=O)(=O)c2cccnc2)CCC3)nc1.